The molecule has 2 heterocycles. The molecule has 1 aromatic carbocycles. The summed E-state index contributed by atoms with van der Waals surface area (Å²) in [6, 6.07) is 10.2. The minimum atomic E-state index is -0.180. The molecule has 0 spiro atoms. The van der Waals surface area contributed by atoms with Crippen molar-refractivity contribution < 1.29 is 4.79 Å². The smallest absolute Gasteiger partial charge is 0.240 e. The minimum Gasteiger partial charge on any atom is -0.311 e. The molecule has 1 amide bonds. The molecule has 0 saturated heterocycles. The molecular formula is C20H25N3OS. The number of nitrogens with zero attached hydrogens (tertiary/aromatic N) is 3. The SMILES string of the molecule is Cc1cc(S[C@@H](C)C(=O)N2CCCc3ccccc32)nc(C(C)C)n1. The van der Waals surface area contributed by atoms with Crippen molar-refractivity contribution in [3.63, 3.8) is 0 Å². The van der Waals surface area contributed by atoms with Crippen molar-refractivity contribution in [2.75, 3.05) is 11.4 Å². The van der Waals surface area contributed by atoms with Crippen LogP contribution < -0.4 is 4.90 Å². The maximum atomic E-state index is 13.0. The van der Waals surface area contributed by atoms with Gasteiger partial charge in [0.05, 0.1) is 5.25 Å². The Morgan fingerprint density at radius 3 is 2.72 bits per heavy atom. The van der Waals surface area contributed by atoms with E-state index in [0.29, 0.717) is 0 Å². The number of aromatic nitrogens is 2. The molecule has 25 heavy (non-hydrogen) atoms. The molecule has 1 aliphatic rings. The van der Waals surface area contributed by atoms with Gasteiger partial charge in [0.2, 0.25) is 5.91 Å². The summed E-state index contributed by atoms with van der Waals surface area (Å²) in [6.07, 6.45) is 2.06. The van der Waals surface area contributed by atoms with Crippen molar-refractivity contribution in [2.45, 2.75) is 56.7 Å². The Bertz CT molecular complexity index is 775. The van der Waals surface area contributed by atoms with E-state index in [2.05, 4.69) is 35.9 Å². The number of hydrogen-bond donors (Lipinski definition) is 0. The van der Waals surface area contributed by atoms with Crippen LogP contribution in [-0.2, 0) is 11.2 Å². The predicted octanol–water partition coefficient (Wildman–Crippen LogP) is 4.37. The number of aryl methyl sites for hydroxylation is 2. The van der Waals surface area contributed by atoms with E-state index in [4.69, 9.17) is 0 Å². The standard InChI is InChI=1S/C20H25N3OS/c1-13(2)19-21-14(3)12-18(22-19)25-15(4)20(24)23-11-7-9-16-8-5-6-10-17(16)23/h5-6,8,10,12-13,15H,7,9,11H2,1-4H3/t15-/m0/s1. The molecule has 132 valence electrons. The molecule has 2 aromatic rings. The first-order valence-corrected chi connectivity index (χ1v) is 9.75. The van der Waals surface area contributed by atoms with E-state index in [1.165, 1.54) is 17.3 Å². The second kappa shape index (κ2) is 7.56. The number of hydrogen-bond acceptors (Lipinski definition) is 4. The van der Waals surface area contributed by atoms with Crippen LogP contribution in [0.25, 0.3) is 0 Å². The van der Waals surface area contributed by atoms with Gasteiger partial charge in [0.25, 0.3) is 0 Å². The minimum absolute atomic E-state index is 0.152. The maximum absolute atomic E-state index is 13.0. The van der Waals surface area contributed by atoms with Crippen molar-refractivity contribution in [2.24, 2.45) is 0 Å². The monoisotopic (exact) mass is 355 g/mol. The summed E-state index contributed by atoms with van der Waals surface area (Å²) in [6.45, 7) is 8.91. The van der Waals surface area contributed by atoms with Gasteiger partial charge < -0.3 is 4.90 Å². The zero-order chi connectivity index (χ0) is 18.0. The molecule has 0 N–H and O–H groups in total. The van der Waals surface area contributed by atoms with Gasteiger partial charge in [-0.15, -0.1) is 0 Å². The third-order valence-electron chi connectivity index (χ3n) is 4.39. The van der Waals surface area contributed by atoms with Crippen LogP contribution in [0.3, 0.4) is 0 Å². The zero-order valence-corrected chi connectivity index (χ0v) is 16.1. The Morgan fingerprint density at radius 2 is 1.96 bits per heavy atom. The highest BCUT2D eigenvalue weighted by molar-refractivity contribution is 8.00. The van der Waals surface area contributed by atoms with E-state index in [1.54, 1.807) is 0 Å². The molecule has 0 unspecified atom stereocenters. The van der Waals surface area contributed by atoms with Crippen LogP contribution >= 0.6 is 11.8 Å². The first-order chi connectivity index (χ1) is 12.0. The molecule has 5 heteroatoms. The number of fused-ring (bicyclic) bond motifs is 1. The largest absolute Gasteiger partial charge is 0.311 e. The summed E-state index contributed by atoms with van der Waals surface area (Å²) < 4.78 is 0. The van der Waals surface area contributed by atoms with Gasteiger partial charge in [-0.1, -0.05) is 43.8 Å². The van der Waals surface area contributed by atoms with Crippen LogP contribution in [0.2, 0.25) is 0 Å². The Morgan fingerprint density at radius 1 is 1.20 bits per heavy atom. The van der Waals surface area contributed by atoms with Gasteiger partial charge in [0.15, 0.2) is 0 Å². The van der Waals surface area contributed by atoms with Gasteiger partial charge in [-0.05, 0) is 44.4 Å². The number of thioether (sulfide) groups is 1. The summed E-state index contributed by atoms with van der Waals surface area (Å²) in [5.74, 6) is 1.27. The second-order valence-electron chi connectivity index (χ2n) is 6.84. The highest BCUT2D eigenvalue weighted by atomic mass is 32.2. The lowest BCUT2D eigenvalue weighted by Crippen LogP contribution is -2.40. The van der Waals surface area contributed by atoms with E-state index in [0.717, 1.165) is 41.6 Å². The quantitative estimate of drug-likeness (QED) is 0.603. The Labute approximate surface area is 154 Å². The van der Waals surface area contributed by atoms with E-state index in [-0.39, 0.29) is 17.1 Å². The molecule has 0 aliphatic carbocycles. The van der Waals surface area contributed by atoms with Crippen LogP contribution in [-0.4, -0.2) is 27.7 Å². The molecule has 0 saturated carbocycles. The topological polar surface area (TPSA) is 46.1 Å². The van der Waals surface area contributed by atoms with Crippen LogP contribution in [0, 0.1) is 6.92 Å². The third-order valence-corrected chi connectivity index (χ3v) is 5.39. The number of carbonyl (C=O) groups is 1. The Hall–Kier alpha value is -1.88. The van der Waals surface area contributed by atoms with Gasteiger partial charge in [0.1, 0.15) is 10.9 Å². The molecule has 3 rings (SSSR count). The van der Waals surface area contributed by atoms with E-state index < -0.39 is 0 Å². The van der Waals surface area contributed by atoms with E-state index in [1.807, 2.05) is 36.9 Å². The fourth-order valence-corrected chi connectivity index (χ4v) is 4.07. The van der Waals surface area contributed by atoms with Gasteiger partial charge in [0, 0.05) is 23.8 Å². The fraction of sp³-hybridized carbons (Fsp3) is 0.450. The normalized spacial score (nSPS) is 15.2. The first kappa shape index (κ1) is 17.9. The molecule has 1 atom stereocenters. The van der Waals surface area contributed by atoms with Gasteiger partial charge in [-0.25, -0.2) is 9.97 Å². The lowest BCUT2D eigenvalue weighted by molar-refractivity contribution is -0.117. The molecular weight excluding hydrogens is 330 g/mol. The molecule has 1 aliphatic heterocycles. The number of para-hydroxylation sites is 1. The number of anilines is 1. The number of amides is 1. The molecule has 1 aromatic heterocycles. The molecule has 0 bridgehead atoms. The summed E-state index contributed by atoms with van der Waals surface area (Å²) in [5.41, 5.74) is 3.27. The van der Waals surface area contributed by atoms with Crippen LogP contribution in [0.4, 0.5) is 5.69 Å². The summed E-state index contributed by atoms with van der Waals surface area (Å²) in [4.78, 5) is 24.1. The van der Waals surface area contributed by atoms with Crippen LogP contribution in [0.1, 0.15) is 50.2 Å². The second-order valence-corrected chi connectivity index (χ2v) is 8.20. The maximum Gasteiger partial charge on any atom is 0.240 e. The highest BCUT2D eigenvalue weighted by Crippen LogP contribution is 2.31. The van der Waals surface area contributed by atoms with Crippen molar-refractivity contribution in [1.29, 1.82) is 0 Å². The van der Waals surface area contributed by atoms with E-state index in [9.17, 15) is 4.79 Å². The number of rotatable bonds is 4. The fourth-order valence-electron chi connectivity index (χ4n) is 3.09. The molecule has 0 radical (unpaired) electrons. The number of benzene rings is 1. The van der Waals surface area contributed by atoms with Gasteiger partial charge in [-0.2, -0.15) is 0 Å². The summed E-state index contributed by atoms with van der Waals surface area (Å²) in [5, 5.41) is 0.697. The Kier molecular flexibility index (Phi) is 5.42. The van der Waals surface area contributed by atoms with Crippen molar-refractivity contribution in [1.82, 2.24) is 9.97 Å². The van der Waals surface area contributed by atoms with Crippen molar-refractivity contribution in [3.8, 4) is 0 Å². The number of carbonyl (C=O) groups excluding carboxylic acids is 1. The zero-order valence-electron chi connectivity index (χ0n) is 15.3. The lowest BCUT2D eigenvalue weighted by atomic mass is 10.0. The van der Waals surface area contributed by atoms with Crippen molar-refractivity contribution >= 4 is 23.4 Å². The first-order valence-electron chi connectivity index (χ1n) is 8.87. The van der Waals surface area contributed by atoms with Gasteiger partial charge in [-0.3, -0.25) is 4.79 Å². The predicted molar refractivity (Wildman–Crippen MR) is 103 cm³/mol. The third kappa shape index (κ3) is 4.03. The average molecular weight is 356 g/mol. The molecule has 4 nitrogen and oxygen atoms in total. The Balaban J connectivity index is 1.78. The summed E-state index contributed by atoms with van der Waals surface area (Å²) in [7, 11) is 0. The molecule has 0 fully saturated rings. The lowest BCUT2D eigenvalue weighted by Gasteiger charge is -2.31. The summed E-state index contributed by atoms with van der Waals surface area (Å²) >= 11 is 1.52. The highest BCUT2D eigenvalue weighted by Gasteiger charge is 2.27. The van der Waals surface area contributed by atoms with Crippen LogP contribution in [0.15, 0.2) is 35.4 Å². The average Bonchev–Trinajstić information content (AvgIpc) is 2.60. The van der Waals surface area contributed by atoms with Crippen molar-refractivity contribution in [3.05, 3.63) is 47.4 Å². The van der Waals surface area contributed by atoms with E-state index >= 15 is 0 Å². The van der Waals surface area contributed by atoms with Crippen LogP contribution in [0.5, 0.6) is 0 Å². The van der Waals surface area contributed by atoms with Gasteiger partial charge >= 0.3 is 0 Å².